The average molecular weight is 442 g/mol. The Labute approximate surface area is 192 Å². The summed E-state index contributed by atoms with van der Waals surface area (Å²) in [5.74, 6) is 3.60. The number of nitrogens with zero attached hydrogens (tertiary/aromatic N) is 1. The van der Waals surface area contributed by atoms with E-state index in [1.165, 1.54) is 50.2 Å². The Kier molecular flexibility index (Phi) is 8.33. The van der Waals surface area contributed by atoms with E-state index in [2.05, 4.69) is 53.9 Å². The molecule has 1 aromatic rings. The van der Waals surface area contributed by atoms with E-state index in [1.807, 2.05) is 12.1 Å². The number of benzene rings is 1. The van der Waals surface area contributed by atoms with Gasteiger partial charge in [-0.25, -0.2) is 0 Å². The summed E-state index contributed by atoms with van der Waals surface area (Å²) >= 11 is 2.08. The molecular formula is C27H39NO2S. The van der Waals surface area contributed by atoms with Crippen molar-refractivity contribution in [3.05, 3.63) is 59.2 Å². The van der Waals surface area contributed by atoms with E-state index in [0.717, 1.165) is 24.2 Å². The summed E-state index contributed by atoms with van der Waals surface area (Å²) in [5.41, 5.74) is 3.96. The minimum absolute atomic E-state index is 0.172. The summed E-state index contributed by atoms with van der Waals surface area (Å²) in [6, 6.07) is 8.33. The molecule has 5 atom stereocenters. The molecule has 4 rings (SSSR count). The Morgan fingerprint density at radius 2 is 2.10 bits per heavy atom. The zero-order valence-electron chi connectivity index (χ0n) is 19.0. The van der Waals surface area contributed by atoms with E-state index >= 15 is 0 Å². The van der Waals surface area contributed by atoms with Gasteiger partial charge in [-0.2, -0.15) is 11.8 Å². The van der Waals surface area contributed by atoms with Gasteiger partial charge in [-0.15, -0.1) is 0 Å². The molecule has 1 saturated heterocycles. The van der Waals surface area contributed by atoms with Crippen molar-refractivity contribution in [3.63, 3.8) is 0 Å². The molecule has 1 saturated carbocycles. The third-order valence-corrected chi connectivity index (χ3v) is 8.43. The van der Waals surface area contributed by atoms with Crippen LogP contribution in [-0.2, 0) is 6.42 Å². The van der Waals surface area contributed by atoms with E-state index in [4.69, 9.17) is 0 Å². The lowest BCUT2D eigenvalue weighted by Crippen LogP contribution is -2.20. The van der Waals surface area contributed by atoms with Gasteiger partial charge in [-0.05, 0) is 81.8 Å². The molecule has 1 aromatic carbocycles. The van der Waals surface area contributed by atoms with Crippen LogP contribution in [0.25, 0.3) is 0 Å². The minimum atomic E-state index is -0.493. The lowest BCUT2D eigenvalue weighted by Gasteiger charge is -2.19. The zero-order chi connectivity index (χ0) is 21.6. The first-order chi connectivity index (χ1) is 15.1. The number of aliphatic hydroxyl groups excluding tert-OH is 2. The standard InChI is InChI=1S/C27H39NO2S/c1-20-6-4-7-21(14-20)16-24(29)8-9-25-26-17-22(15-23(26)18-27(25)30)19-31-13-5-12-28-10-2-3-11-28/h4,6-9,14-15,23-27,29-30H,2-3,5,10-13,16-19H2,1H3/t23-,24-,25+,26-,27+/m0/s1. The van der Waals surface area contributed by atoms with E-state index in [1.54, 1.807) is 5.57 Å². The van der Waals surface area contributed by atoms with Crippen LogP contribution in [0.4, 0.5) is 0 Å². The van der Waals surface area contributed by atoms with E-state index in [0.29, 0.717) is 18.3 Å². The van der Waals surface area contributed by atoms with E-state index in [-0.39, 0.29) is 12.0 Å². The Morgan fingerprint density at radius 1 is 1.26 bits per heavy atom. The maximum Gasteiger partial charge on any atom is 0.0761 e. The molecule has 0 bridgehead atoms. The van der Waals surface area contributed by atoms with Crippen molar-refractivity contribution < 1.29 is 10.2 Å². The zero-order valence-corrected chi connectivity index (χ0v) is 19.8. The van der Waals surface area contributed by atoms with Crippen LogP contribution in [0.5, 0.6) is 0 Å². The Morgan fingerprint density at radius 3 is 2.90 bits per heavy atom. The molecule has 0 spiro atoms. The number of hydrogen-bond donors (Lipinski definition) is 2. The van der Waals surface area contributed by atoms with Crippen molar-refractivity contribution in [1.82, 2.24) is 4.90 Å². The molecule has 0 amide bonds. The van der Waals surface area contributed by atoms with E-state index < -0.39 is 6.10 Å². The number of thioether (sulfide) groups is 1. The SMILES string of the molecule is Cc1cccc(C[C@@H](O)C=C[C@@H]2[C@H]3CC(CSCCCN4CCCC4)=C[C@H]3C[C@H]2O)c1. The van der Waals surface area contributed by atoms with Crippen molar-refractivity contribution in [2.75, 3.05) is 31.1 Å². The van der Waals surface area contributed by atoms with Gasteiger partial charge >= 0.3 is 0 Å². The summed E-state index contributed by atoms with van der Waals surface area (Å²) in [5, 5.41) is 21.1. The second-order valence-electron chi connectivity index (χ2n) is 9.84. The Balaban J connectivity index is 1.20. The average Bonchev–Trinajstić information content (AvgIpc) is 3.43. The van der Waals surface area contributed by atoms with Crippen LogP contribution >= 0.6 is 11.8 Å². The summed E-state index contributed by atoms with van der Waals surface area (Å²) in [4.78, 5) is 2.60. The third kappa shape index (κ3) is 6.47. The van der Waals surface area contributed by atoms with Gasteiger partial charge in [0.05, 0.1) is 12.2 Å². The van der Waals surface area contributed by atoms with Crippen LogP contribution in [0.2, 0.25) is 0 Å². The molecule has 1 heterocycles. The lowest BCUT2D eigenvalue weighted by atomic mass is 9.89. The monoisotopic (exact) mass is 441 g/mol. The quantitative estimate of drug-likeness (QED) is 0.411. The van der Waals surface area contributed by atoms with Crippen molar-refractivity contribution >= 4 is 11.8 Å². The minimum Gasteiger partial charge on any atom is -0.392 e. The third-order valence-electron chi connectivity index (χ3n) is 7.28. The summed E-state index contributed by atoms with van der Waals surface area (Å²) in [6.45, 7) is 5.95. The number of likely N-dealkylation sites (tertiary alicyclic amines) is 1. The highest BCUT2D eigenvalue weighted by Crippen LogP contribution is 2.47. The van der Waals surface area contributed by atoms with Crippen molar-refractivity contribution in [3.8, 4) is 0 Å². The van der Waals surface area contributed by atoms with Crippen molar-refractivity contribution in [2.24, 2.45) is 17.8 Å². The van der Waals surface area contributed by atoms with Gasteiger partial charge < -0.3 is 15.1 Å². The highest BCUT2D eigenvalue weighted by atomic mass is 32.2. The molecule has 2 aliphatic carbocycles. The highest BCUT2D eigenvalue weighted by Gasteiger charge is 2.43. The van der Waals surface area contributed by atoms with Crippen LogP contribution < -0.4 is 0 Å². The van der Waals surface area contributed by atoms with Crippen LogP contribution in [0.1, 0.15) is 43.2 Å². The fourth-order valence-electron chi connectivity index (χ4n) is 5.72. The molecule has 1 aliphatic heterocycles. The van der Waals surface area contributed by atoms with Crippen LogP contribution in [0.15, 0.2) is 48.1 Å². The highest BCUT2D eigenvalue weighted by molar-refractivity contribution is 7.99. The molecule has 2 fully saturated rings. The number of aryl methyl sites for hydroxylation is 1. The maximum absolute atomic E-state index is 10.6. The summed E-state index contributed by atoms with van der Waals surface area (Å²) in [7, 11) is 0. The summed E-state index contributed by atoms with van der Waals surface area (Å²) in [6.07, 6.45) is 12.4. The fraction of sp³-hybridized carbons (Fsp3) is 0.630. The van der Waals surface area contributed by atoms with Gasteiger partial charge in [0.1, 0.15) is 0 Å². The van der Waals surface area contributed by atoms with Gasteiger partial charge in [0.2, 0.25) is 0 Å². The molecule has 0 aromatic heterocycles. The number of fused-ring (bicyclic) bond motifs is 1. The van der Waals surface area contributed by atoms with Gasteiger partial charge in [0.25, 0.3) is 0 Å². The molecule has 3 aliphatic rings. The maximum atomic E-state index is 10.6. The second kappa shape index (κ2) is 11.2. The van der Waals surface area contributed by atoms with Gasteiger partial charge in [-0.1, -0.05) is 53.6 Å². The predicted molar refractivity (Wildman–Crippen MR) is 131 cm³/mol. The molecule has 4 heteroatoms. The first-order valence-electron chi connectivity index (χ1n) is 12.2. The number of aliphatic hydroxyl groups is 2. The number of allylic oxidation sites excluding steroid dienone is 1. The van der Waals surface area contributed by atoms with Crippen LogP contribution in [-0.4, -0.2) is 58.5 Å². The van der Waals surface area contributed by atoms with Crippen molar-refractivity contribution in [2.45, 2.75) is 57.7 Å². The van der Waals surface area contributed by atoms with Crippen LogP contribution in [0, 0.1) is 24.7 Å². The molecule has 0 radical (unpaired) electrons. The Hall–Kier alpha value is -1.07. The normalized spacial score (nSPS) is 29.6. The molecule has 0 unspecified atom stereocenters. The second-order valence-corrected chi connectivity index (χ2v) is 10.9. The largest absolute Gasteiger partial charge is 0.392 e. The van der Waals surface area contributed by atoms with E-state index in [9.17, 15) is 10.2 Å². The van der Waals surface area contributed by atoms with Crippen LogP contribution in [0.3, 0.4) is 0 Å². The fourth-order valence-corrected chi connectivity index (χ4v) is 6.67. The lowest BCUT2D eigenvalue weighted by molar-refractivity contribution is 0.140. The molecule has 170 valence electrons. The first kappa shape index (κ1) is 23.1. The summed E-state index contributed by atoms with van der Waals surface area (Å²) < 4.78 is 0. The first-order valence-corrected chi connectivity index (χ1v) is 13.3. The molecule has 2 N–H and O–H groups in total. The molecule has 3 nitrogen and oxygen atoms in total. The van der Waals surface area contributed by atoms with Crippen molar-refractivity contribution in [1.29, 1.82) is 0 Å². The van der Waals surface area contributed by atoms with Gasteiger partial charge in [0.15, 0.2) is 0 Å². The van der Waals surface area contributed by atoms with Gasteiger partial charge in [-0.3, -0.25) is 0 Å². The Bertz CT molecular complexity index is 770. The number of rotatable bonds is 10. The predicted octanol–water partition coefficient (Wildman–Crippen LogP) is 4.62. The molecular weight excluding hydrogens is 402 g/mol. The number of hydrogen-bond acceptors (Lipinski definition) is 4. The smallest absolute Gasteiger partial charge is 0.0761 e. The topological polar surface area (TPSA) is 43.7 Å². The van der Waals surface area contributed by atoms with Gasteiger partial charge in [0, 0.05) is 18.1 Å². The molecule has 31 heavy (non-hydrogen) atoms.